The van der Waals surface area contributed by atoms with Gasteiger partial charge in [-0.15, -0.1) is 0 Å². The van der Waals surface area contributed by atoms with Crippen molar-refractivity contribution in [3.63, 3.8) is 0 Å². The molecular weight excluding hydrogens is 281 g/mol. The first-order valence-electron chi connectivity index (χ1n) is 7.44. The van der Waals surface area contributed by atoms with E-state index < -0.39 is 23.9 Å². The van der Waals surface area contributed by atoms with E-state index in [1.54, 1.807) is 6.92 Å². The minimum absolute atomic E-state index is 0.0394. The Hall–Kier alpha value is -1.23. The number of aliphatic hydroxyl groups excluding tert-OH is 1. The first kappa shape index (κ1) is 17.8. The van der Waals surface area contributed by atoms with Crippen LogP contribution in [0.25, 0.3) is 0 Å². The fourth-order valence-electron chi connectivity index (χ4n) is 2.29. The van der Waals surface area contributed by atoms with E-state index in [2.05, 4.69) is 6.92 Å². The first-order valence-corrected chi connectivity index (χ1v) is 7.44. The third-order valence-electron chi connectivity index (χ3n) is 3.39. The van der Waals surface area contributed by atoms with Crippen molar-refractivity contribution in [1.29, 1.82) is 0 Å². The molecule has 0 radical (unpaired) electrons. The summed E-state index contributed by atoms with van der Waals surface area (Å²) in [5.74, 6) is -1.27. The van der Waals surface area contributed by atoms with Gasteiger partial charge in [0.2, 0.25) is 0 Å². The lowest BCUT2D eigenvalue weighted by molar-refractivity contribution is 0.126. The van der Waals surface area contributed by atoms with E-state index in [0.29, 0.717) is 6.42 Å². The van der Waals surface area contributed by atoms with Crippen molar-refractivity contribution in [3.8, 4) is 5.75 Å². The lowest BCUT2D eigenvalue weighted by Crippen LogP contribution is -2.07. The average Bonchev–Trinajstić information content (AvgIpc) is 2.45. The molecule has 120 valence electrons. The molecule has 1 unspecified atom stereocenters. The van der Waals surface area contributed by atoms with Gasteiger partial charge in [-0.25, -0.2) is 13.2 Å². The number of hydrogen-bond donors (Lipinski definition) is 1. The lowest BCUT2D eigenvalue weighted by atomic mass is 9.97. The number of halogens is 3. The molecule has 1 rings (SSSR count). The van der Waals surface area contributed by atoms with Gasteiger partial charge in [0.05, 0.1) is 18.3 Å². The summed E-state index contributed by atoms with van der Waals surface area (Å²) in [5.41, 5.74) is -0.786. The van der Waals surface area contributed by atoms with Crippen LogP contribution in [0.4, 0.5) is 13.2 Å². The molecular formula is C16H23F3O2. The van der Waals surface area contributed by atoms with Crippen molar-refractivity contribution in [1.82, 2.24) is 0 Å². The van der Waals surface area contributed by atoms with E-state index in [9.17, 15) is 18.3 Å². The molecule has 1 N–H and O–H groups in total. The largest absolute Gasteiger partial charge is 0.491 e. The molecule has 0 aliphatic heterocycles. The normalized spacial score (nSPS) is 12.7. The van der Waals surface area contributed by atoms with Gasteiger partial charge in [-0.2, -0.15) is 0 Å². The van der Waals surface area contributed by atoms with Gasteiger partial charge in [-0.3, -0.25) is 0 Å². The van der Waals surface area contributed by atoms with Crippen LogP contribution in [0.15, 0.2) is 12.1 Å². The Morgan fingerprint density at radius 2 is 1.86 bits per heavy atom. The molecule has 0 aromatic heterocycles. The molecule has 0 amide bonds. The van der Waals surface area contributed by atoms with Gasteiger partial charge < -0.3 is 9.84 Å². The number of rotatable bonds is 9. The second-order valence-electron chi connectivity index (χ2n) is 4.98. The molecule has 0 bridgehead atoms. The van der Waals surface area contributed by atoms with Gasteiger partial charge in [0.25, 0.3) is 6.43 Å². The summed E-state index contributed by atoms with van der Waals surface area (Å²) < 4.78 is 45.3. The van der Waals surface area contributed by atoms with E-state index in [-0.39, 0.29) is 17.9 Å². The second kappa shape index (κ2) is 8.93. The van der Waals surface area contributed by atoms with Crippen molar-refractivity contribution in [2.75, 3.05) is 6.61 Å². The minimum atomic E-state index is -2.98. The molecule has 1 aromatic rings. The van der Waals surface area contributed by atoms with Crippen molar-refractivity contribution in [2.45, 2.75) is 58.5 Å². The molecule has 0 aliphatic carbocycles. The molecule has 0 aliphatic rings. The highest BCUT2D eigenvalue weighted by Gasteiger charge is 2.25. The van der Waals surface area contributed by atoms with Crippen molar-refractivity contribution >= 4 is 0 Å². The van der Waals surface area contributed by atoms with Crippen LogP contribution in [-0.2, 0) is 0 Å². The van der Waals surface area contributed by atoms with Gasteiger partial charge in [0, 0.05) is 0 Å². The Balaban J connectivity index is 2.92. The zero-order valence-electron chi connectivity index (χ0n) is 12.5. The zero-order valence-corrected chi connectivity index (χ0v) is 12.5. The fraction of sp³-hybridized carbons (Fsp3) is 0.625. The highest BCUT2D eigenvalue weighted by Crippen LogP contribution is 2.36. The molecule has 1 atom stereocenters. The minimum Gasteiger partial charge on any atom is -0.491 e. The number of hydrogen-bond acceptors (Lipinski definition) is 2. The average molecular weight is 304 g/mol. The van der Waals surface area contributed by atoms with Crippen LogP contribution in [0.2, 0.25) is 0 Å². The van der Waals surface area contributed by atoms with Crippen LogP contribution in [0, 0.1) is 5.82 Å². The number of alkyl halides is 2. The Kier molecular flexibility index (Phi) is 7.57. The number of ether oxygens (including phenoxy) is 1. The van der Waals surface area contributed by atoms with E-state index >= 15 is 0 Å². The van der Waals surface area contributed by atoms with E-state index in [0.717, 1.165) is 25.7 Å². The topological polar surface area (TPSA) is 29.5 Å². The maximum absolute atomic E-state index is 14.1. The zero-order chi connectivity index (χ0) is 15.8. The summed E-state index contributed by atoms with van der Waals surface area (Å²) in [6.45, 7) is 3.91. The number of benzene rings is 1. The lowest BCUT2D eigenvalue weighted by Gasteiger charge is -2.18. The summed E-state index contributed by atoms with van der Waals surface area (Å²) in [6, 6.07) is 2.63. The van der Waals surface area contributed by atoms with Crippen LogP contribution in [0.1, 0.15) is 69.6 Å². The van der Waals surface area contributed by atoms with E-state index in [4.69, 9.17) is 4.74 Å². The molecule has 0 heterocycles. The van der Waals surface area contributed by atoms with E-state index in [1.807, 2.05) is 0 Å². The van der Waals surface area contributed by atoms with Crippen LogP contribution in [0.5, 0.6) is 5.75 Å². The van der Waals surface area contributed by atoms with Crippen LogP contribution in [-0.4, -0.2) is 11.7 Å². The predicted octanol–water partition coefficient (Wildman–Crippen LogP) is 5.17. The Labute approximate surface area is 123 Å². The summed E-state index contributed by atoms with van der Waals surface area (Å²) >= 11 is 0. The first-order chi connectivity index (χ1) is 10.0. The molecule has 0 fully saturated rings. The quantitative estimate of drug-likeness (QED) is 0.638. The fourth-order valence-corrected chi connectivity index (χ4v) is 2.29. The Bertz CT molecular complexity index is 436. The third-order valence-corrected chi connectivity index (χ3v) is 3.39. The summed E-state index contributed by atoms with van der Waals surface area (Å²) in [7, 11) is 0. The maximum atomic E-state index is 14.1. The Morgan fingerprint density at radius 1 is 1.14 bits per heavy atom. The molecule has 0 spiro atoms. The second-order valence-corrected chi connectivity index (χ2v) is 4.98. The number of aliphatic hydroxyl groups is 1. The highest BCUT2D eigenvalue weighted by molar-refractivity contribution is 5.39. The monoisotopic (exact) mass is 304 g/mol. The standard InChI is InChI=1S/C16H23F3O2/c1-3-5-6-7-8-12(20)11-9-10-13(21-4-2)15(17)14(11)16(18)19/h9-10,12,16,20H,3-8H2,1-2H3. The SMILES string of the molecule is CCCCCCC(O)c1ccc(OCC)c(F)c1C(F)F. The predicted molar refractivity (Wildman–Crippen MR) is 76.2 cm³/mol. The summed E-state index contributed by atoms with van der Waals surface area (Å²) in [4.78, 5) is 0. The number of unbranched alkanes of at least 4 members (excludes halogenated alkanes) is 3. The van der Waals surface area contributed by atoms with Gasteiger partial charge in [-0.05, 0) is 25.0 Å². The molecule has 5 heteroatoms. The molecule has 21 heavy (non-hydrogen) atoms. The third kappa shape index (κ3) is 4.92. The maximum Gasteiger partial charge on any atom is 0.267 e. The molecule has 0 saturated carbocycles. The van der Waals surface area contributed by atoms with Crippen molar-refractivity contribution < 1.29 is 23.0 Å². The van der Waals surface area contributed by atoms with Crippen molar-refractivity contribution in [3.05, 3.63) is 29.1 Å². The Morgan fingerprint density at radius 3 is 2.43 bits per heavy atom. The van der Waals surface area contributed by atoms with Gasteiger partial charge in [0.15, 0.2) is 11.6 Å². The smallest absolute Gasteiger partial charge is 0.267 e. The van der Waals surface area contributed by atoms with Crippen LogP contribution >= 0.6 is 0 Å². The van der Waals surface area contributed by atoms with Crippen LogP contribution in [0.3, 0.4) is 0 Å². The summed E-state index contributed by atoms with van der Waals surface area (Å²) in [5, 5.41) is 10.1. The van der Waals surface area contributed by atoms with Crippen LogP contribution < -0.4 is 4.74 Å². The molecule has 2 nitrogen and oxygen atoms in total. The molecule has 0 saturated heterocycles. The van der Waals surface area contributed by atoms with Gasteiger partial charge >= 0.3 is 0 Å². The van der Waals surface area contributed by atoms with Gasteiger partial charge in [0.1, 0.15) is 0 Å². The summed E-state index contributed by atoms with van der Waals surface area (Å²) in [6.07, 6.45) is 0.0421. The molecule has 1 aromatic carbocycles. The van der Waals surface area contributed by atoms with Crippen molar-refractivity contribution in [2.24, 2.45) is 0 Å². The highest BCUT2D eigenvalue weighted by atomic mass is 19.3. The van der Waals surface area contributed by atoms with E-state index in [1.165, 1.54) is 12.1 Å². The van der Waals surface area contributed by atoms with Gasteiger partial charge in [-0.1, -0.05) is 38.7 Å².